The van der Waals surface area contributed by atoms with Crippen molar-refractivity contribution in [3.05, 3.63) is 0 Å². The highest BCUT2D eigenvalue weighted by atomic mass is 16.6. The van der Waals surface area contributed by atoms with Crippen molar-refractivity contribution in [1.29, 1.82) is 0 Å². The zero-order valence-electron chi connectivity index (χ0n) is 3.76. The van der Waals surface area contributed by atoms with Gasteiger partial charge in [-0.05, 0) is 0 Å². The number of ether oxygens (including phenoxy) is 1. The van der Waals surface area contributed by atoms with Crippen LogP contribution < -0.4 is 0 Å². The molecular weight excluding hydrogens is 96.0 g/mol. The molecule has 40 valence electrons. The van der Waals surface area contributed by atoms with Crippen LogP contribution in [0.2, 0.25) is 0 Å². The lowest BCUT2D eigenvalue weighted by Gasteiger charge is -2.22. The van der Waals surface area contributed by atoms with E-state index in [0.29, 0.717) is 6.42 Å². The molecule has 1 heterocycles. The van der Waals surface area contributed by atoms with Crippen molar-refractivity contribution in [2.75, 3.05) is 6.61 Å². The van der Waals surface area contributed by atoms with E-state index in [1.165, 1.54) is 0 Å². The highest BCUT2D eigenvalue weighted by Gasteiger charge is 2.26. The van der Waals surface area contributed by atoms with Gasteiger partial charge in [0.25, 0.3) is 0 Å². The third kappa shape index (κ3) is 0.718. The average Bonchev–Trinajstić information content (AvgIpc) is 1.58. The van der Waals surface area contributed by atoms with E-state index < -0.39 is 0 Å². The summed E-state index contributed by atoms with van der Waals surface area (Å²) in [7, 11) is 0. The van der Waals surface area contributed by atoms with Crippen LogP contribution in [0.25, 0.3) is 0 Å². The van der Waals surface area contributed by atoms with Crippen molar-refractivity contribution in [1.82, 2.24) is 0 Å². The van der Waals surface area contributed by atoms with Crippen LogP contribution in [-0.2, 0) is 9.53 Å². The molecule has 0 amide bonds. The Hall–Kier alpha value is -0.570. The molecular formula is C4H6O3. The summed E-state index contributed by atoms with van der Waals surface area (Å²) in [5.41, 5.74) is 0. The third-order valence-corrected chi connectivity index (χ3v) is 0.896. The molecule has 1 rings (SSSR count). The first-order valence-corrected chi connectivity index (χ1v) is 2.13. The summed E-state index contributed by atoms with van der Waals surface area (Å²) in [5.74, 6) is -0.209. The number of hydrogen-bond acceptors (Lipinski definition) is 3. The molecule has 1 fully saturated rings. The maximum atomic E-state index is 9.94. The first kappa shape index (κ1) is 4.59. The Bertz CT molecular complexity index is 80.9. The molecule has 3 heteroatoms. The first-order chi connectivity index (χ1) is 3.33. The predicted molar refractivity (Wildman–Crippen MR) is 21.6 cm³/mol. The van der Waals surface area contributed by atoms with Crippen molar-refractivity contribution in [2.24, 2.45) is 0 Å². The summed E-state index contributed by atoms with van der Waals surface area (Å²) >= 11 is 0. The summed E-state index contributed by atoms with van der Waals surface area (Å²) in [5, 5.41) is 8.23. The molecule has 1 aliphatic rings. The smallest absolute Gasteiger partial charge is 0.310 e. The van der Waals surface area contributed by atoms with Crippen LogP contribution in [0.5, 0.6) is 0 Å². The van der Waals surface area contributed by atoms with E-state index in [4.69, 9.17) is 5.11 Å². The van der Waals surface area contributed by atoms with Gasteiger partial charge < -0.3 is 9.84 Å². The fourth-order valence-electron chi connectivity index (χ4n) is 0.464. The summed E-state index contributed by atoms with van der Waals surface area (Å²) in [6, 6.07) is 0. The van der Waals surface area contributed by atoms with Gasteiger partial charge in [-0.25, -0.2) is 0 Å². The molecule has 1 saturated heterocycles. The molecule has 0 aromatic rings. The van der Waals surface area contributed by atoms with Gasteiger partial charge in [0.1, 0.15) is 6.10 Å². The molecule has 1 unspecified atom stereocenters. The number of hydrogen-bond donors (Lipinski definition) is 1. The lowest BCUT2D eigenvalue weighted by molar-refractivity contribution is -0.172. The van der Waals surface area contributed by atoms with Gasteiger partial charge in [-0.1, -0.05) is 0 Å². The minimum Gasteiger partial charge on any atom is -0.459 e. The first-order valence-electron chi connectivity index (χ1n) is 2.13. The standard InChI is InChI=1S/C4H6O3/c5-2-3-1-4(6)7-3/h3,5H,1-2H2. The molecule has 7 heavy (non-hydrogen) atoms. The van der Waals surface area contributed by atoms with Gasteiger partial charge in [-0.2, -0.15) is 0 Å². The maximum Gasteiger partial charge on any atom is 0.310 e. The van der Waals surface area contributed by atoms with Crippen molar-refractivity contribution in [3.63, 3.8) is 0 Å². The molecule has 0 aliphatic carbocycles. The molecule has 1 aliphatic heterocycles. The topological polar surface area (TPSA) is 46.5 Å². The average molecular weight is 102 g/mol. The number of carbonyl (C=O) groups is 1. The zero-order valence-corrected chi connectivity index (χ0v) is 3.76. The molecule has 0 aromatic heterocycles. The molecule has 0 bridgehead atoms. The van der Waals surface area contributed by atoms with Crippen molar-refractivity contribution in [2.45, 2.75) is 12.5 Å². The highest BCUT2D eigenvalue weighted by molar-refractivity contribution is 5.75. The second kappa shape index (κ2) is 1.50. The van der Waals surface area contributed by atoms with Crippen molar-refractivity contribution < 1.29 is 14.6 Å². The second-order valence-electron chi connectivity index (χ2n) is 1.50. The van der Waals surface area contributed by atoms with Crippen LogP contribution in [-0.4, -0.2) is 23.8 Å². The third-order valence-electron chi connectivity index (χ3n) is 0.896. The van der Waals surface area contributed by atoms with Crippen molar-refractivity contribution >= 4 is 5.97 Å². The number of aliphatic hydroxyl groups excluding tert-OH is 1. The number of aliphatic hydroxyl groups is 1. The Kier molecular flexibility index (Phi) is 0.982. The normalized spacial score (nSPS) is 28.7. The van der Waals surface area contributed by atoms with Crippen molar-refractivity contribution in [3.8, 4) is 0 Å². The van der Waals surface area contributed by atoms with Gasteiger partial charge in [-0.3, -0.25) is 4.79 Å². The second-order valence-corrected chi connectivity index (χ2v) is 1.50. The Morgan fingerprint density at radius 2 is 2.57 bits per heavy atom. The van der Waals surface area contributed by atoms with Gasteiger partial charge >= 0.3 is 5.97 Å². The largest absolute Gasteiger partial charge is 0.459 e. The summed E-state index contributed by atoms with van der Waals surface area (Å²) in [6.07, 6.45) is 0.184. The van der Waals surface area contributed by atoms with Crippen LogP contribution in [0.15, 0.2) is 0 Å². The van der Waals surface area contributed by atoms with E-state index in [1.807, 2.05) is 0 Å². The van der Waals surface area contributed by atoms with E-state index in [2.05, 4.69) is 4.74 Å². The van der Waals surface area contributed by atoms with Crippen LogP contribution in [0.1, 0.15) is 6.42 Å². The maximum absolute atomic E-state index is 9.94. The lowest BCUT2D eigenvalue weighted by atomic mass is 10.2. The summed E-state index contributed by atoms with van der Waals surface area (Å²) in [6.45, 7) is -0.0360. The number of esters is 1. The fraction of sp³-hybridized carbons (Fsp3) is 0.750. The SMILES string of the molecule is O=C1CC(CO)O1. The van der Waals surface area contributed by atoms with E-state index in [0.717, 1.165) is 0 Å². The number of cyclic esters (lactones) is 1. The van der Waals surface area contributed by atoms with Gasteiger partial charge in [0.05, 0.1) is 13.0 Å². The van der Waals surface area contributed by atoms with Crippen LogP contribution in [0.3, 0.4) is 0 Å². The Labute approximate surface area is 40.9 Å². The lowest BCUT2D eigenvalue weighted by Crippen LogP contribution is -2.35. The van der Waals surface area contributed by atoms with E-state index >= 15 is 0 Å². The Morgan fingerprint density at radius 3 is 2.71 bits per heavy atom. The minimum absolute atomic E-state index is 0.0360. The zero-order chi connectivity index (χ0) is 5.28. The summed E-state index contributed by atoms with van der Waals surface area (Å²) in [4.78, 5) is 9.94. The number of carbonyl (C=O) groups excluding carboxylic acids is 1. The molecule has 1 N–H and O–H groups in total. The monoisotopic (exact) mass is 102 g/mol. The Balaban J connectivity index is 2.17. The predicted octanol–water partition coefficient (Wildman–Crippen LogP) is -0.706. The Morgan fingerprint density at radius 1 is 2.00 bits per heavy atom. The van der Waals surface area contributed by atoms with Gasteiger partial charge in [-0.15, -0.1) is 0 Å². The minimum atomic E-state index is -0.209. The molecule has 1 atom stereocenters. The quantitative estimate of drug-likeness (QED) is 0.445. The highest BCUT2D eigenvalue weighted by Crippen LogP contribution is 2.10. The molecule has 0 aromatic carbocycles. The molecule has 0 radical (unpaired) electrons. The number of rotatable bonds is 1. The van der Waals surface area contributed by atoms with Gasteiger partial charge in [0, 0.05) is 0 Å². The van der Waals surface area contributed by atoms with Gasteiger partial charge in [0.15, 0.2) is 0 Å². The van der Waals surface area contributed by atoms with Crippen LogP contribution >= 0.6 is 0 Å². The molecule has 0 spiro atoms. The molecule has 0 saturated carbocycles. The van der Waals surface area contributed by atoms with Gasteiger partial charge in [0.2, 0.25) is 0 Å². The van der Waals surface area contributed by atoms with E-state index in [1.54, 1.807) is 0 Å². The fourth-order valence-corrected chi connectivity index (χ4v) is 0.464. The van der Waals surface area contributed by atoms with E-state index in [-0.39, 0.29) is 18.7 Å². The molecule has 3 nitrogen and oxygen atoms in total. The van der Waals surface area contributed by atoms with E-state index in [9.17, 15) is 4.79 Å². The summed E-state index contributed by atoms with van der Waals surface area (Å²) < 4.78 is 4.40. The van der Waals surface area contributed by atoms with Crippen LogP contribution in [0, 0.1) is 0 Å². The van der Waals surface area contributed by atoms with Crippen LogP contribution in [0.4, 0.5) is 0 Å².